The van der Waals surface area contributed by atoms with Gasteiger partial charge in [0.15, 0.2) is 5.96 Å². The molecule has 0 spiro atoms. The van der Waals surface area contributed by atoms with Crippen LogP contribution < -0.4 is 10.2 Å². The first-order valence-electron chi connectivity index (χ1n) is 9.50. The summed E-state index contributed by atoms with van der Waals surface area (Å²) < 4.78 is 8.80. The van der Waals surface area contributed by atoms with Crippen molar-refractivity contribution in [3.8, 4) is 0 Å². The summed E-state index contributed by atoms with van der Waals surface area (Å²) in [6, 6.07) is 6.33. The van der Waals surface area contributed by atoms with Gasteiger partial charge in [0.25, 0.3) is 0 Å². The Morgan fingerprint density at radius 3 is 2.83 bits per heavy atom. The van der Waals surface area contributed by atoms with Crippen molar-refractivity contribution < 1.29 is 4.74 Å². The number of halogens is 2. The molecule has 2 aromatic rings. The Kier molecular flexibility index (Phi) is 9.22. The fourth-order valence-corrected chi connectivity index (χ4v) is 3.91. The van der Waals surface area contributed by atoms with Gasteiger partial charge in [0.05, 0.1) is 19.3 Å². The van der Waals surface area contributed by atoms with Gasteiger partial charge in [-0.05, 0) is 40.5 Å². The van der Waals surface area contributed by atoms with E-state index in [0.29, 0.717) is 6.54 Å². The molecule has 0 aromatic carbocycles. The molecule has 1 N–H and O–H groups in total. The van der Waals surface area contributed by atoms with Gasteiger partial charge >= 0.3 is 0 Å². The van der Waals surface area contributed by atoms with Crippen LogP contribution in [-0.4, -0.2) is 60.3 Å². The highest BCUT2D eigenvalue weighted by Crippen LogP contribution is 2.16. The highest BCUT2D eigenvalue weighted by Gasteiger charge is 2.17. The number of nitrogens with zero attached hydrogens (tertiary/aromatic N) is 5. The van der Waals surface area contributed by atoms with Crippen LogP contribution in [0.3, 0.4) is 0 Å². The van der Waals surface area contributed by atoms with Gasteiger partial charge in [-0.1, -0.05) is 6.07 Å². The van der Waals surface area contributed by atoms with Gasteiger partial charge in [0, 0.05) is 63.3 Å². The average molecular weight is 577 g/mol. The zero-order valence-corrected chi connectivity index (χ0v) is 21.3. The van der Waals surface area contributed by atoms with Gasteiger partial charge in [-0.2, -0.15) is 0 Å². The van der Waals surface area contributed by atoms with Gasteiger partial charge in [0.1, 0.15) is 5.82 Å². The molecule has 1 aliphatic heterocycles. The maximum Gasteiger partial charge on any atom is 0.194 e. The number of aliphatic imine (C=N–C) groups is 1. The highest BCUT2D eigenvalue weighted by molar-refractivity contribution is 14.0. The summed E-state index contributed by atoms with van der Waals surface area (Å²) >= 11 is 3.52. The molecular weight excluding hydrogens is 547 g/mol. The van der Waals surface area contributed by atoms with Crippen LogP contribution in [0.15, 0.2) is 40.1 Å². The molecule has 3 heterocycles. The topological polar surface area (TPSA) is 57.9 Å². The molecule has 1 saturated heterocycles. The van der Waals surface area contributed by atoms with E-state index in [4.69, 9.17) is 4.74 Å². The van der Waals surface area contributed by atoms with E-state index in [1.54, 1.807) is 7.05 Å². The minimum absolute atomic E-state index is 0. The smallest absolute Gasteiger partial charge is 0.194 e. The Bertz CT molecular complexity index is 810. The summed E-state index contributed by atoms with van der Waals surface area (Å²) in [7, 11) is 5.89. The first kappa shape index (κ1) is 23.9. The third-order valence-corrected chi connectivity index (χ3v) is 5.31. The van der Waals surface area contributed by atoms with Crippen LogP contribution in [0.5, 0.6) is 0 Å². The Balaban J connectivity index is 0.00000300. The van der Waals surface area contributed by atoms with Gasteiger partial charge in [-0.15, -0.1) is 24.0 Å². The Morgan fingerprint density at radius 1 is 1.45 bits per heavy atom. The number of anilines is 1. The lowest BCUT2D eigenvalue weighted by Crippen LogP contribution is -2.41. The van der Waals surface area contributed by atoms with E-state index in [1.807, 2.05) is 20.3 Å². The standard InChI is InChI=1S/C20H29BrN6O.HI/c1-15-12-27(7-8-28-15)19-6-5-16(10-23-19)11-24-20(22-2)26(4)14-18-9-17(21)13-25(18)3;/h5-6,9-10,13,15H,7-8,11-12,14H2,1-4H3,(H,22,24);1H. The van der Waals surface area contributed by atoms with Crippen LogP contribution in [0.2, 0.25) is 0 Å². The van der Waals surface area contributed by atoms with Crippen LogP contribution in [-0.2, 0) is 24.9 Å². The van der Waals surface area contributed by atoms with Crippen molar-refractivity contribution in [2.24, 2.45) is 12.0 Å². The second-order valence-electron chi connectivity index (χ2n) is 7.17. The first-order chi connectivity index (χ1) is 13.5. The van der Waals surface area contributed by atoms with Gasteiger partial charge < -0.3 is 24.4 Å². The molecule has 1 aliphatic rings. The van der Waals surface area contributed by atoms with Crippen molar-refractivity contribution in [3.05, 3.63) is 46.3 Å². The zero-order chi connectivity index (χ0) is 20.1. The third-order valence-electron chi connectivity index (χ3n) is 4.87. The Morgan fingerprint density at radius 2 is 2.24 bits per heavy atom. The molecule has 9 heteroatoms. The number of aromatic nitrogens is 2. The molecule has 1 unspecified atom stereocenters. The lowest BCUT2D eigenvalue weighted by molar-refractivity contribution is 0.0529. The molecule has 7 nitrogen and oxygen atoms in total. The number of hydrogen-bond donors (Lipinski definition) is 1. The summed E-state index contributed by atoms with van der Waals surface area (Å²) in [6.45, 7) is 6.08. The molecule has 0 bridgehead atoms. The molecular formula is C20H30BrIN6O. The van der Waals surface area contributed by atoms with E-state index in [0.717, 1.165) is 48.1 Å². The second-order valence-corrected chi connectivity index (χ2v) is 8.09. The van der Waals surface area contributed by atoms with E-state index in [2.05, 4.69) is 76.9 Å². The highest BCUT2D eigenvalue weighted by atomic mass is 127. The van der Waals surface area contributed by atoms with E-state index >= 15 is 0 Å². The van der Waals surface area contributed by atoms with E-state index in [-0.39, 0.29) is 30.1 Å². The number of nitrogens with one attached hydrogen (secondary N) is 1. The number of aryl methyl sites for hydroxylation is 1. The van der Waals surface area contributed by atoms with Gasteiger partial charge in [-0.3, -0.25) is 4.99 Å². The summed E-state index contributed by atoms with van der Waals surface area (Å²) in [6.07, 6.45) is 4.24. The molecule has 0 amide bonds. The number of pyridine rings is 1. The molecule has 0 radical (unpaired) electrons. The molecule has 0 saturated carbocycles. The van der Waals surface area contributed by atoms with Crippen molar-refractivity contribution in [2.75, 3.05) is 38.7 Å². The van der Waals surface area contributed by atoms with Crippen LogP contribution in [0.4, 0.5) is 5.82 Å². The van der Waals surface area contributed by atoms with Crippen molar-refractivity contribution in [1.82, 2.24) is 19.8 Å². The first-order valence-corrected chi connectivity index (χ1v) is 10.3. The number of rotatable bonds is 5. The van der Waals surface area contributed by atoms with Gasteiger partial charge in [-0.25, -0.2) is 4.98 Å². The summed E-state index contributed by atoms with van der Waals surface area (Å²) in [5, 5.41) is 3.42. The van der Waals surface area contributed by atoms with Crippen molar-refractivity contribution in [3.63, 3.8) is 0 Å². The molecule has 2 aromatic heterocycles. The normalized spacial score (nSPS) is 17.1. The van der Waals surface area contributed by atoms with Crippen molar-refractivity contribution in [2.45, 2.75) is 26.1 Å². The predicted molar refractivity (Wildman–Crippen MR) is 132 cm³/mol. The molecule has 0 aliphatic carbocycles. The lowest BCUT2D eigenvalue weighted by Gasteiger charge is -2.32. The van der Waals surface area contributed by atoms with Gasteiger partial charge in [0.2, 0.25) is 0 Å². The fraction of sp³-hybridized carbons (Fsp3) is 0.500. The minimum atomic E-state index is 0. The molecule has 29 heavy (non-hydrogen) atoms. The predicted octanol–water partition coefficient (Wildman–Crippen LogP) is 3.23. The maximum atomic E-state index is 5.60. The quantitative estimate of drug-likeness (QED) is 0.336. The maximum absolute atomic E-state index is 5.60. The van der Waals surface area contributed by atoms with Crippen LogP contribution in [0.1, 0.15) is 18.2 Å². The number of ether oxygens (including phenoxy) is 1. The van der Waals surface area contributed by atoms with Crippen LogP contribution in [0, 0.1) is 0 Å². The largest absolute Gasteiger partial charge is 0.375 e. The van der Waals surface area contributed by atoms with E-state index < -0.39 is 0 Å². The number of morpholine rings is 1. The number of guanidine groups is 1. The molecule has 1 fully saturated rings. The zero-order valence-electron chi connectivity index (χ0n) is 17.4. The molecule has 3 rings (SSSR count). The summed E-state index contributed by atoms with van der Waals surface area (Å²) in [5.74, 6) is 1.86. The second kappa shape index (κ2) is 11.2. The minimum Gasteiger partial charge on any atom is -0.375 e. The van der Waals surface area contributed by atoms with Crippen molar-refractivity contribution in [1.29, 1.82) is 0 Å². The summed E-state index contributed by atoms with van der Waals surface area (Å²) in [4.78, 5) is 13.4. The summed E-state index contributed by atoms with van der Waals surface area (Å²) in [5.41, 5.74) is 2.34. The Labute approximate surface area is 198 Å². The Hall–Kier alpha value is -1.33. The monoisotopic (exact) mass is 576 g/mol. The van der Waals surface area contributed by atoms with E-state index in [9.17, 15) is 0 Å². The molecule has 160 valence electrons. The fourth-order valence-electron chi connectivity index (χ4n) is 3.34. The average Bonchev–Trinajstić information content (AvgIpc) is 2.99. The van der Waals surface area contributed by atoms with Crippen molar-refractivity contribution >= 4 is 51.7 Å². The SMILES string of the molecule is CN=C(NCc1ccc(N2CCOC(C)C2)nc1)N(C)Cc1cc(Br)cn1C.I. The van der Waals surface area contributed by atoms with Crippen LogP contribution in [0.25, 0.3) is 0 Å². The lowest BCUT2D eigenvalue weighted by atomic mass is 10.2. The third kappa shape index (κ3) is 6.58. The van der Waals surface area contributed by atoms with Crippen LogP contribution >= 0.6 is 39.9 Å². The number of hydrogen-bond acceptors (Lipinski definition) is 4. The molecule has 1 atom stereocenters. The van der Waals surface area contributed by atoms with E-state index in [1.165, 1.54) is 5.69 Å².